The third kappa shape index (κ3) is 0.743. The van der Waals surface area contributed by atoms with Crippen molar-refractivity contribution >= 4 is 5.78 Å². The molecule has 0 radical (unpaired) electrons. The fourth-order valence-corrected chi connectivity index (χ4v) is 3.07. The van der Waals surface area contributed by atoms with Gasteiger partial charge in [-0.25, -0.2) is 0 Å². The van der Waals surface area contributed by atoms with E-state index >= 15 is 0 Å². The second-order valence-corrected chi connectivity index (χ2v) is 4.86. The van der Waals surface area contributed by atoms with Gasteiger partial charge in [0.25, 0.3) is 0 Å². The van der Waals surface area contributed by atoms with Gasteiger partial charge in [0.2, 0.25) is 0 Å². The molecule has 0 aliphatic heterocycles. The lowest BCUT2D eigenvalue weighted by Crippen LogP contribution is -2.56. The first-order chi connectivity index (χ1) is 5.03. The normalized spacial score (nSPS) is 46.8. The average molecular weight is 152 g/mol. The van der Waals surface area contributed by atoms with E-state index in [4.69, 9.17) is 0 Å². The Balaban J connectivity index is 2.26. The van der Waals surface area contributed by atoms with Gasteiger partial charge in [-0.1, -0.05) is 20.8 Å². The fraction of sp³-hybridized carbons (Fsp3) is 0.900. The molecule has 2 bridgehead atoms. The number of ketones is 1. The zero-order valence-electron chi connectivity index (χ0n) is 7.55. The van der Waals surface area contributed by atoms with E-state index in [1.807, 2.05) is 0 Å². The van der Waals surface area contributed by atoms with Crippen molar-refractivity contribution < 1.29 is 4.79 Å². The topological polar surface area (TPSA) is 17.1 Å². The highest BCUT2D eigenvalue weighted by molar-refractivity contribution is 5.84. The first-order valence-electron chi connectivity index (χ1n) is 4.56. The first kappa shape index (κ1) is 7.33. The lowest BCUT2D eigenvalue weighted by atomic mass is 9.45. The molecule has 0 aromatic rings. The second-order valence-electron chi connectivity index (χ2n) is 4.86. The predicted molar refractivity (Wildman–Crippen MR) is 44.2 cm³/mol. The van der Waals surface area contributed by atoms with E-state index in [-0.39, 0.29) is 0 Å². The van der Waals surface area contributed by atoms with Gasteiger partial charge >= 0.3 is 0 Å². The lowest BCUT2D eigenvalue weighted by Gasteiger charge is -2.58. The highest BCUT2D eigenvalue weighted by atomic mass is 16.1. The largest absolute Gasteiger partial charge is 0.299 e. The number of fused-ring (bicyclic) bond motifs is 2. The SMILES string of the molecule is C[C@@H]1CC(=O)[C@@H]2C[C@H]1C2(C)C. The van der Waals surface area contributed by atoms with Crippen LogP contribution in [-0.4, -0.2) is 5.78 Å². The minimum absolute atomic E-state index is 0.328. The van der Waals surface area contributed by atoms with E-state index in [2.05, 4.69) is 20.8 Å². The highest BCUT2D eigenvalue weighted by Gasteiger charge is 2.56. The van der Waals surface area contributed by atoms with Crippen LogP contribution in [0.3, 0.4) is 0 Å². The van der Waals surface area contributed by atoms with Crippen LogP contribution >= 0.6 is 0 Å². The molecular formula is C10H16O. The van der Waals surface area contributed by atoms with Crippen LogP contribution in [0.5, 0.6) is 0 Å². The number of hydrogen-bond donors (Lipinski definition) is 0. The molecule has 3 aliphatic carbocycles. The van der Waals surface area contributed by atoms with Crippen molar-refractivity contribution in [2.45, 2.75) is 33.6 Å². The Bertz CT molecular complexity index is 205. The summed E-state index contributed by atoms with van der Waals surface area (Å²) in [4.78, 5) is 11.5. The Morgan fingerprint density at radius 1 is 1.45 bits per heavy atom. The van der Waals surface area contributed by atoms with Gasteiger partial charge in [0.05, 0.1) is 0 Å². The van der Waals surface area contributed by atoms with Gasteiger partial charge in [0.15, 0.2) is 0 Å². The first-order valence-corrected chi connectivity index (χ1v) is 4.56. The van der Waals surface area contributed by atoms with Gasteiger partial charge in [-0.3, -0.25) is 4.79 Å². The van der Waals surface area contributed by atoms with Gasteiger partial charge in [0.1, 0.15) is 5.78 Å². The molecule has 62 valence electrons. The number of carbonyl (C=O) groups is 1. The summed E-state index contributed by atoms with van der Waals surface area (Å²) in [6.45, 7) is 6.72. The summed E-state index contributed by atoms with van der Waals surface area (Å²) in [5, 5.41) is 0. The minimum atomic E-state index is 0.328. The van der Waals surface area contributed by atoms with Gasteiger partial charge in [-0.15, -0.1) is 0 Å². The van der Waals surface area contributed by atoms with Gasteiger partial charge in [-0.2, -0.15) is 0 Å². The molecule has 0 aromatic heterocycles. The summed E-state index contributed by atoms with van der Waals surface area (Å²) < 4.78 is 0. The van der Waals surface area contributed by atoms with E-state index < -0.39 is 0 Å². The number of Topliss-reactive ketones (excluding diaryl/α,β-unsaturated/α-hetero) is 1. The molecule has 0 saturated heterocycles. The van der Waals surface area contributed by atoms with Gasteiger partial charge in [-0.05, 0) is 23.7 Å². The zero-order valence-corrected chi connectivity index (χ0v) is 7.55. The molecule has 0 aromatic carbocycles. The van der Waals surface area contributed by atoms with Gasteiger partial charge < -0.3 is 0 Å². The van der Waals surface area contributed by atoms with E-state index in [0.717, 1.165) is 12.3 Å². The van der Waals surface area contributed by atoms with E-state index in [1.165, 1.54) is 6.42 Å². The van der Waals surface area contributed by atoms with Crippen LogP contribution in [0.1, 0.15) is 33.6 Å². The minimum Gasteiger partial charge on any atom is -0.299 e. The molecule has 0 N–H and O–H groups in total. The summed E-state index contributed by atoms with van der Waals surface area (Å²) in [6.07, 6.45) is 2.02. The summed E-state index contributed by atoms with van der Waals surface area (Å²) in [5.74, 6) is 2.39. The summed E-state index contributed by atoms with van der Waals surface area (Å²) in [6, 6.07) is 0. The molecular weight excluding hydrogens is 136 g/mol. The molecule has 3 rings (SSSR count). The lowest BCUT2D eigenvalue weighted by molar-refractivity contribution is -0.156. The third-order valence-electron chi connectivity index (χ3n) is 3.94. The molecule has 0 unspecified atom stereocenters. The van der Waals surface area contributed by atoms with Crippen molar-refractivity contribution in [3.05, 3.63) is 0 Å². The zero-order chi connectivity index (χ0) is 8.22. The van der Waals surface area contributed by atoms with E-state index in [1.54, 1.807) is 0 Å². The van der Waals surface area contributed by atoms with Crippen molar-refractivity contribution in [2.75, 3.05) is 0 Å². The monoisotopic (exact) mass is 152 g/mol. The second kappa shape index (κ2) is 1.88. The van der Waals surface area contributed by atoms with Crippen LogP contribution in [0.4, 0.5) is 0 Å². The Kier molecular flexibility index (Phi) is 1.25. The molecule has 3 atom stereocenters. The molecule has 0 heterocycles. The van der Waals surface area contributed by atoms with Crippen molar-refractivity contribution in [1.29, 1.82) is 0 Å². The van der Waals surface area contributed by atoms with Crippen LogP contribution in [-0.2, 0) is 4.79 Å². The Hall–Kier alpha value is -0.330. The van der Waals surface area contributed by atoms with Crippen molar-refractivity contribution in [1.82, 2.24) is 0 Å². The molecule has 3 aliphatic rings. The van der Waals surface area contributed by atoms with Crippen molar-refractivity contribution in [2.24, 2.45) is 23.2 Å². The van der Waals surface area contributed by atoms with Gasteiger partial charge in [0, 0.05) is 12.3 Å². The molecule has 11 heavy (non-hydrogen) atoms. The predicted octanol–water partition coefficient (Wildman–Crippen LogP) is 2.26. The maximum atomic E-state index is 11.5. The number of hydrogen-bond acceptors (Lipinski definition) is 1. The molecule has 3 saturated carbocycles. The van der Waals surface area contributed by atoms with Crippen LogP contribution in [0, 0.1) is 23.2 Å². The molecule has 3 fully saturated rings. The van der Waals surface area contributed by atoms with Crippen LogP contribution in [0.2, 0.25) is 0 Å². The number of carbonyl (C=O) groups excluding carboxylic acids is 1. The quantitative estimate of drug-likeness (QED) is 0.520. The van der Waals surface area contributed by atoms with E-state index in [9.17, 15) is 4.79 Å². The Morgan fingerprint density at radius 3 is 2.45 bits per heavy atom. The van der Waals surface area contributed by atoms with Crippen molar-refractivity contribution in [3.8, 4) is 0 Å². The van der Waals surface area contributed by atoms with Crippen LogP contribution in [0.15, 0.2) is 0 Å². The smallest absolute Gasteiger partial charge is 0.136 e. The standard InChI is InChI=1S/C10H16O/c1-6-4-9(11)8-5-7(6)10(8,2)3/h6-8H,4-5H2,1-3H3/t6-,7-,8+/m1/s1. The van der Waals surface area contributed by atoms with Crippen LogP contribution < -0.4 is 0 Å². The Labute approximate surface area is 68.2 Å². The van der Waals surface area contributed by atoms with E-state index in [0.29, 0.717) is 23.0 Å². The average Bonchev–Trinajstić information content (AvgIpc) is 1.84. The highest BCUT2D eigenvalue weighted by Crippen LogP contribution is 2.59. The third-order valence-corrected chi connectivity index (χ3v) is 3.94. The maximum Gasteiger partial charge on any atom is 0.136 e. The molecule has 1 nitrogen and oxygen atoms in total. The summed E-state index contributed by atoms with van der Waals surface area (Å²) in [7, 11) is 0. The summed E-state index contributed by atoms with van der Waals surface area (Å²) >= 11 is 0. The molecule has 0 spiro atoms. The fourth-order valence-electron chi connectivity index (χ4n) is 3.07. The van der Waals surface area contributed by atoms with Crippen LogP contribution in [0.25, 0.3) is 0 Å². The molecule has 0 amide bonds. The summed E-state index contributed by atoms with van der Waals surface area (Å²) in [5.41, 5.74) is 0.328. The Morgan fingerprint density at radius 2 is 2.09 bits per heavy atom. The van der Waals surface area contributed by atoms with Crippen molar-refractivity contribution in [3.63, 3.8) is 0 Å². The number of rotatable bonds is 0. The molecule has 1 heteroatoms. The maximum absolute atomic E-state index is 11.5.